The lowest BCUT2D eigenvalue weighted by atomic mass is 10.1. The van der Waals surface area contributed by atoms with Crippen LogP contribution in [0, 0.1) is 11.3 Å². The quantitative estimate of drug-likeness (QED) is 0.784. The highest BCUT2D eigenvalue weighted by molar-refractivity contribution is 5.56. The number of nitrogens with zero attached hydrogens (tertiary/aromatic N) is 2. The van der Waals surface area contributed by atoms with Crippen molar-refractivity contribution >= 4 is 6.08 Å². The molecule has 0 fully saturated rings. The molecule has 4 nitrogen and oxygen atoms in total. The number of methoxy groups -OCH3 is 1. The third-order valence-electron chi connectivity index (χ3n) is 2.78. The van der Waals surface area contributed by atoms with Gasteiger partial charge in [0.15, 0.2) is 0 Å². The fourth-order valence-electron chi connectivity index (χ4n) is 1.71. The Bertz CT molecular complexity index is 747. The van der Waals surface area contributed by atoms with Gasteiger partial charge in [0.25, 0.3) is 0 Å². The van der Waals surface area contributed by atoms with Crippen molar-refractivity contribution in [1.82, 2.24) is 4.98 Å². The number of hydrogen-bond donors (Lipinski definition) is 0. The Morgan fingerprint density at radius 2 is 2.00 bits per heavy atom. The van der Waals surface area contributed by atoms with Crippen LogP contribution in [0.1, 0.15) is 16.8 Å². The molecule has 118 valence electrons. The Balaban J connectivity index is 2.23. The molecule has 2 rings (SSSR count). The molecule has 0 atom stereocenters. The predicted molar refractivity (Wildman–Crippen MR) is 76.5 cm³/mol. The van der Waals surface area contributed by atoms with E-state index in [9.17, 15) is 13.2 Å². The highest BCUT2D eigenvalue weighted by atomic mass is 19.4. The van der Waals surface area contributed by atoms with Crippen molar-refractivity contribution < 1.29 is 22.6 Å². The maximum absolute atomic E-state index is 12.4. The summed E-state index contributed by atoms with van der Waals surface area (Å²) in [5.74, 6) is 0.332. The maximum atomic E-state index is 12.4. The average Bonchev–Trinajstić information content (AvgIpc) is 2.53. The van der Waals surface area contributed by atoms with E-state index in [0.29, 0.717) is 0 Å². The first kappa shape index (κ1) is 16.4. The number of rotatable bonds is 4. The SMILES string of the molecule is CO/C=C\c1ccc(Oc2ccc(C(F)(F)F)nc2)c(C#N)c1. The Kier molecular flexibility index (Phi) is 4.86. The highest BCUT2D eigenvalue weighted by Gasteiger charge is 2.32. The third kappa shape index (κ3) is 4.23. The molecule has 0 aliphatic carbocycles. The van der Waals surface area contributed by atoms with Crippen LogP contribution in [-0.4, -0.2) is 12.1 Å². The lowest BCUT2D eigenvalue weighted by Crippen LogP contribution is -2.07. The number of aromatic nitrogens is 1. The van der Waals surface area contributed by atoms with Crippen molar-refractivity contribution in [3.05, 3.63) is 59.6 Å². The Morgan fingerprint density at radius 3 is 2.57 bits per heavy atom. The van der Waals surface area contributed by atoms with Crippen LogP contribution in [0.4, 0.5) is 13.2 Å². The van der Waals surface area contributed by atoms with E-state index in [0.717, 1.165) is 23.9 Å². The standard InChI is InChI=1S/C16H11F3N2O2/c1-22-7-6-11-2-4-14(12(8-11)9-20)23-13-3-5-15(21-10-13)16(17,18)19/h2-8,10H,1H3/b7-6-. The van der Waals surface area contributed by atoms with E-state index in [4.69, 9.17) is 14.7 Å². The predicted octanol–water partition coefficient (Wildman–Crippen LogP) is 4.38. The first-order valence-electron chi connectivity index (χ1n) is 6.38. The topological polar surface area (TPSA) is 55.1 Å². The number of nitriles is 1. The second kappa shape index (κ2) is 6.83. The number of ether oxygens (including phenoxy) is 2. The van der Waals surface area contributed by atoms with Gasteiger partial charge in [0, 0.05) is 0 Å². The van der Waals surface area contributed by atoms with Gasteiger partial charge in [-0.3, -0.25) is 0 Å². The summed E-state index contributed by atoms with van der Waals surface area (Å²) < 4.78 is 47.6. The number of benzene rings is 1. The van der Waals surface area contributed by atoms with Crippen LogP contribution in [-0.2, 0) is 10.9 Å². The minimum absolute atomic E-state index is 0.106. The molecule has 0 spiro atoms. The van der Waals surface area contributed by atoms with E-state index in [1.807, 2.05) is 6.07 Å². The van der Waals surface area contributed by atoms with Crippen LogP contribution in [0.2, 0.25) is 0 Å². The third-order valence-corrected chi connectivity index (χ3v) is 2.78. The molecule has 1 aromatic heterocycles. The molecule has 0 saturated heterocycles. The Hall–Kier alpha value is -3.01. The van der Waals surface area contributed by atoms with Gasteiger partial charge in [-0.25, -0.2) is 4.98 Å². The van der Waals surface area contributed by atoms with Gasteiger partial charge in [-0.15, -0.1) is 0 Å². The fraction of sp³-hybridized carbons (Fsp3) is 0.125. The van der Waals surface area contributed by atoms with Crippen molar-refractivity contribution in [2.24, 2.45) is 0 Å². The van der Waals surface area contributed by atoms with Gasteiger partial charge in [0.2, 0.25) is 0 Å². The highest BCUT2D eigenvalue weighted by Crippen LogP contribution is 2.30. The summed E-state index contributed by atoms with van der Waals surface area (Å²) in [6.07, 6.45) is -0.435. The molecule has 23 heavy (non-hydrogen) atoms. The second-order valence-corrected chi connectivity index (χ2v) is 4.38. The van der Waals surface area contributed by atoms with Gasteiger partial charge in [0.05, 0.1) is 25.1 Å². The minimum atomic E-state index is -4.51. The summed E-state index contributed by atoms with van der Waals surface area (Å²) in [6, 6.07) is 8.74. The smallest absolute Gasteiger partial charge is 0.433 e. The number of hydrogen-bond acceptors (Lipinski definition) is 4. The van der Waals surface area contributed by atoms with Gasteiger partial charge in [-0.1, -0.05) is 6.07 Å². The summed E-state index contributed by atoms with van der Waals surface area (Å²) in [6.45, 7) is 0. The van der Waals surface area contributed by atoms with Crippen molar-refractivity contribution in [1.29, 1.82) is 5.26 Å². The molecule has 0 amide bonds. The van der Waals surface area contributed by atoms with Crippen LogP contribution < -0.4 is 4.74 Å². The normalized spacial score (nSPS) is 11.3. The van der Waals surface area contributed by atoms with Gasteiger partial charge >= 0.3 is 6.18 Å². The summed E-state index contributed by atoms with van der Waals surface area (Å²) in [7, 11) is 1.50. The van der Waals surface area contributed by atoms with E-state index < -0.39 is 11.9 Å². The molecule has 0 unspecified atom stereocenters. The van der Waals surface area contributed by atoms with E-state index >= 15 is 0 Å². The van der Waals surface area contributed by atoms with Gasteiger partial charge < -0.3 is 9.47 Å². The van der Waals surface area contributed by atoms with Crippen LogP contribution in [0.3, 0.4) is 0 Å². The van der Waals surface area contributed by atoms with Gasteiger partial charge in [0.1, 0.15) is 23.3 Å². The molecule has 0 N–H and O–H groups in total. The van der Waals surface area contributed by atoms with Crippen LogP contribution in [0.15, 0.2) is 42.8 Å². The van der Waals surface area contributed by atoms with Gasteiger partial charge in [-0.2, -0.15) is 18.4 Å². The molecular weight excluding hydrogens is 309 g/mol. The van der Waals surface area contributed by atoms with Crippen molar-refractivity contribution in [3.8, 4) is 17.6 Å². The van der Waals surface area contributed by atoms with Gasteiger partial charge in [-0.05, 0) is 35.9 Å². The van der Waals surface area contributed by atoms with Crippen molar-refractivity contribution in [2.75, 3.05) is 7.11 Å². The largest absolute Gasteiger partial charge is 0.504 e. The summed E-state index contributed by atoms with van der Waals surface area (Å²) >= 11 is 0. The molecule has 7 heteroatoms. The molecule has 0 saturated carbocycles. The molecule has 1 aromatic carbocycles. The van der Waals surface area contributed by atoms with Crippen molar-refractivity contribution in [3.63, 3.8) is 0 Å². The van der Waals surface area contributed by atoms with E-state index in [-0.39, 0.29) is 17.1 Å². The van der Waals surface area contributed by atoms with Crippen LogP contribution in [0.5, 0.6) is 11.5 Å². The lowest BCUT2D eigenvalue weighted by molar-refractivity contribution is -0.141. The van der Waals surface area contributed by atoms with E-state index in [1.165, 1.54) is 13.4 Å². The zero-order valence-corrected chi connectivity index (χ0v) is 12.0. The number of halogens is 3. The molecule has 2 aromatic rings. The minimum Gasteiger partial charge on any atom is -0.504 e. The molecule has 1 heterocycles. The molecule has 0 aliphatic rings. The average molecular weight is 320 g/mol. The molecular formula is C16H11F3N2O2. The summed E-state index contributed by atoms with van der Waals surface area (Å²) in [5, 5.41) is 9.15. The van der Waals surface area contributed by atoms with E-state index in [1.54, 1.807) is 24.3 Å². The molecule has 0 aliphatic heterocycles. The van der Waals surface area contributed by atoms with Crippen LogP contribution >= 0.6 is 0 Å². The van der Waals surface area contributed by atoms with Crippen LogP contribution in [0.25, 0.3) is 6.08 Å². The lowest BCUT2D eigenvalue weighted by Gasteiger charge is -2.09. The molecule has 0 bridgehead atoms. The van der Waals surface area contributed by atoms with Crippen molar-refractivity contribution in [2.45, 2.75) is 6.18 Å². The Morgan fingerprint density at radius 1 is 1.22 bits per heavy atom. The summed E-state index contributed by atoms with van der Waals surface area (Å²) in [4.78, 5) is 3.30. The van der Waals surface area contributed by atoms with E-state index in [2.05, 4.69) is 4.98 Å². The Labute approximate surface area is 130 Å². The second-order valence-electron chi connectivity index (χ2n) is 4.38. The maximum Gasteiger partial charge on any atom is 0.433 e. The molecule has 0 radical (unpaired) electrons. The monoisotopic (exact) mass is 320 g/mol. The number of pyridine rings is 1. The zero-order chi connectivity index (χ0) is 16.9. The summed E-state index contributed by atoms with van der Waals surface area (Å²) in [5.41, 5.74) is -0.0464. The first-order chi connectivity index (χ1) is 10.9. The fourth-order valence-corrected chi connectivity index (χ4v) is 1.71. The number of alkyl halides is 3. The zero-order valence-electron chi connectivity index (χ0n) is 12.0. The first-order valence-corrected chi connectivity index (χ1v) is 6.38.